The largest absolute Gasteiger partial charge is 0.508 e. The Balaban J connectivity index is 1.54. The molecule has 104 valence electrons. The maximum atomic E-state index is 9.80. The predicted molar refractivity (Wildman–Crippen MR) is 73.3 cm³/mol. The van der Waals surface area contributed by atoms with Crippen LogP contribution in [0.3, 0.4) is 0 Å². The Bertz CT molecular complexity index is 440. The molecule has 1 aromatic rings. The predicted octanol–water partition coefficient (Wildman–Crippen LogP) is 0.187. The Hall–Kier alpha value is -1.30. The van der Waals surface area contributed by atoms with E-state index in [4.69, 9.17) is 0 Å². The number of piperazine rings is 1. The SMILES string of the molecule is Oc1ccc(CN2CCN(C3CNC3)CC2)c(O)c1. The van der Waals surface area contributed by atoms with Gasteiger partial charge in [-0.1, -0.05) is 6.07 Å². The molecule has 0 saturated carbocycles. The van der Waals surface area contributed by atoms with Crippen LogP contribution in [0.4, 0.5) is 0 Å². The first-order valence-electron chi connectivity index (χ1n) is 6.90. The molecule has 0 aromatic heterocycles. The van der Waals surface area contributed by atoms with E-state index in [-0.39, 0.29) is 11.5 Å². The molecule has 0 aliphatic carbocycles. The van der Waals surface area contributed by atoms with Gasteiger partial charge in [0.25, 0.3) is 0 Å². The number of hydrogen-bond acceptors (Lipinski definition) is 5. The number of hydrogen-bond donors (Lipinski definition) is 3. The summed E-state index contributed by atoms with van der Waals surface area (Å²) < 4.78 is 0. The maximum absolute atomic E-state index is 9.80. The standard InChI is InChI=1S/C14H21N3O2/c18-13-2-1-11(14(19)7-13)10-16-3-5-17(6-4-16)12-8-15-9-12/h1-2,7,12,15,18-19H,3-6,8-10H2. The summed E-state index contributed by atoms with van der Waals surface area (Å²) in [6.07, 6.45) is 0. The minimum absolute atomic E-state index is 0.114. The Kier molecular flexibility index (Phi) is 3.59. The molecule has 19 heavy (non-hydrogen) atoms. The Morgan fingerprint density at radius 3 is 2.42 bits per heavy atom. The molecule has 5 heteroatoms. The summed E-state index contributed by atoms with van der Waals surface area (Å²) in [6.45, 7) is 7.28. The van der Waals surface area contributed by atoms with Crippen molar-refractivity contribution in [3.05, 3.63) is 23.8 Å². The minimum atomic E-state index is 0.114. The molecule has 1 aromatic carbocycles. The Labute approximate surface area is 113 Å². The van der Waals surface area contributed by atoms with Crippen LogP contribution in [0, 0.1) is 0 Å². The number of phenolic OH excluding ortho intramolecular Hbond substituents is 2. The fraction of sp³-hybridized carbons (Fsp3) is 0.571. The van der Waals surface area contributed by atoms with Crippen LogP contribution < -0.4 is 5.32 Å². The smallest absolute Gasteiger partial charge is 0.123 e. The fourth-order valence-corrected chi connectivity index (χ4v) is 2.75. The lowest BCUT2D eigenvalue weighted by atomic mass is 10.1. The average molecular weight is 263 g/mol. The number of aromatic hydroxyl groups is 2. The van der Waals surface area contributed by atoms with Crippen molar-refractivity contribution in [1.29, 1.82) is 0 Å². The van der Waals surface area contributed by atoms with Crippen molar-refractivity contribution < 1.29 is 10.2 Å². The van der Waals surface area contributed by atoms with Crippen molar-refractivity contribution in [3.63, 3.8) is 0 Å². The summed E-state index contributed by atoms with van der Waals surface area (Å²) in [5.41, 5.74) is 0.886. The molecule has 2 aliphatic rings. The van der Waals surface area contributed by atoms with Gasteiger partial charge in [-0.05, 0) is 6.07 Å². The summed E-state index contributed by atoms with van der Waals surface area (Å²) in [6, 6.07) is 5.56. The second kappa shape index (κ2) is 5.36. The lowest BCUT2D eigenvalue weighted by molar-refractivity contribution is 0.0692. The normalized spacial score (nSPS) is 22.3. The molecule has 3 rings (SSSR count). The number of rotatable bonds is 3. The molecule has 0 bridgehead atoms. The molecular weight excluding hydrogens is 242 g/mol. The van der Waals surface area contributed by atoms with Crippen LogP contribution >= 0.6 is 0 Å². The molecule has 2 aliphatic heterocycles. The highest BCUT2D eigenvalue weighted by Gasteiger charge is 2.27. The van der Waals surface area contributed by atoms with Gasteiger partial charge in [-0.3, -0.25) is 9.80 Å². The van der Waals surface area contributed by atoms with Gasteiger partial charge in [-0.2, -0.15) is 0 Å². The molecule has 2 fully saturated rings. The van der Waals surface area contributed by atoms with Crippen LogP contribution in [0.2, 0.25) is 0 Å². The lowest BCUT2D eigenvalue weighted by Crippen LogP contribution is -2.61. The second-order valence-electron chi connectivity index (χ2n) is 5.44. The summed E-state index contributed by atoms with van der Waals surface area (Å²) in [5, 5.41) is 22.4. The highest BCUT2D eigenvalue weighted by molar-refractivity contribution is 5.38. The van der Waals surface area contributed by atoms with Gasteiger partial charge in [0, 0.05) is 63.5 Å². The quantitative estimate of drug-likeness (QED) is 0.726. The Morgan fingerprint density at radius 1 is 1.11 bits per heavy atom. The van der Waals surface area contributed by atoms with E-state index >= 15 is 0 Å². The minimum Gasteiger partial charge on any atom is -0.508 e. The average Bonchev–Trinajstić information content (AvgIpc) is 2.33. The van der Waals surface area contributed by atoms with Gasteiger partial charge in [0.2, 0.25) is 0 Å². The van der Waals surface area contributed by atoms with Crippen LogP contribution in [0.15, 0.2) is 18.2 Å². The van der Waals surface area contributed by atoms with E-state index in [9.17, 15) is 10.2 Å². The van der Waals surface area contributed by atoms with Gasteiger partial charge in [-0.15, -0.1) is 0 Å². The maximum Gasteiger partial charge on any atom is 0.123 e. The van der Waals surface area contributed by atoms with E-state index in [1.807, 2.05) is 0 Å². The van der Waals surface area contributed by atoms with Crippen molar-refractivity contribution in [1.82, 2.24) is 15.1 Å². The molecule has 0 atom stereocenters. The zero-order chi connectivity index (χ0) is 13.2. The molecule has 3 N–H and O–H groups in total. The fourth-order valence-electron chi connectivity index (χ4n) is 2.75. The summed E-state index contributed by atoms with van der Waals surface area (Å²) >= 11 is 0. The van der Waals surface area contributed by atoms with Gasteiger partial charge < -0.3 is 15.5 Å². The van der Waals surface area contributed by atoms with E-state index in [0.29, 0.717) is 0 Å². The van der Waals surface area contributed by atoms with Crippen molar-refractivity contribution in [3.8, 4) is 11.5 Å². The van der Waals surface area contributed by atoms with Gasteiger partial charge in [0.1, 0.15) is 11.5 Å². The zero-order valence-electron chi connectivity index (χ0n) is 11.0. The molecule has 2 heterocycles. The van der Waals surface area contributed by atoms with Gasteiger partial charge >= 0.3 is 0 Å². The lowest BCUT2D eigenvalue weighted by Gasteiger charge is -2.43. The molecule has 2 saturated heterocycles. The van der Waals surface area contributed by atoms with Crippen LogP contribution in [0.5, 0.6) is 11.5 Å². The highest BCUT2D eigenvalue weighted by atomic mass is 16.3. The van der Waals surface area contributed by atoms with Crippen molar-refractivity contribution in [2.24, 2.45) is 0 Å². The van der Waals surface area contributed by atoms with Crippen LogP contribution in [-0.2, 0) is 6.54 Å². The van der Waals surface area contributed by atoms with E-state index in [1.54, 1.807) is 12.1 Å². The number of nitrogens with zero attached hydrogens (tertiary/aromatic N) is 2. The number of benzene rings is 1. The van der Waals surface area contributed by atoms with Crippen LogP contribution in [0.25, 0.3) is 0 Å². The molecular formula is C14H21N3O2. The summed E-state index contributed by atoms with van der Waals surface area (Å²) in [4.78, 5) is 4.90. The first-order valence-corrected chi connectivity index (χ1v) is 6.90. The number of nitrogens with one attached hydrogen (secondary N) is 1. The first kappa shape index (κ1) is 12.7. The zero-order valence-corrected chi connectivity index (χ0v) is 11.0. The topological polar surface area (TPSA) is 59.0 Å². The second-order valence-corrected chi connectivity index (χ2v) is 5.44. The molecule has 0 amide bonds. The van der Waals surface area contributed by atoms with Gasteiger partial charge in [-0.25, -0.2) is 0 Å². The van der Waals surface area contributed by atoms with Crippen molar-refractivity contribution in [2.45, 2.75) is 12.6 Å². The Morgan fingerprint density at radius 2 is 1.84 bits per heavy atom. The summed E-state index contributed by atoms with van der Waals surface area (Å²) in [7, 11) is 0. The third kappa shape index (κ3) is 2.83. The molecule has 0 unspecified atom stereocenters. The third-order valence-corrected chi connectivity index (χ3v) is 4.15. The van der Waals surface area contributed by atoms with Gasteiger partial charge in [0.05, 0.1) is 0 Å². The van der Waals surface area contributed by atoms with Crippen LogP contribution in [0.1, 0.15) is 5.56 Å². The van der Waals surface area contributed by atoms with Crippen LogP contribution in [-0.4, -0.2) is 65.3 Å². The molecule has 5 nitrogen and oxygen atoms in total. The van der Waals surface area contributed by atoms with E-state index in [1.165, 1.54) is 6.07 Å². The highest BCUT2D eigenvalue weighted by Crippen LogP contribution is 2.24. The molecule has 0 spiro atoms. The van der Waals surface area contributed by atoms with E-state index < -0.39 is 0 Å². The monoisotopic (exact) mass is 263 g/mol. The van der Waals surface area contributed by atoms with Crippen molar-refractivity contribution >= 4 is 0 Å². The van der Waals surface area contributed by atoms with E-state index in [0.717, 1.165) is 57.4 Å². The first-order chi connectivity index (χ1) is 9.22. The summed E-state index contributed by atoms with van der Waals surface area (Å²) in [5.74, 6) is 0.300. The van der Waals surface area contributed by atoms with Gasteiger partial charge in [0.15, 0.2) is 0 Å². The van der Waals surface area contributed by atoms with Crippen molar-refractivity contribution in [2.75, 3.05) is 39.3 Å². The van der Waals surface area contributed by atoms with E-state index in [2.05, 4.69) is 15.1 Å². The number of phenols is 2. The molecule has 0 radical (unpaired) electrons. The third-order valence-electron chi connectivity index (χ3n) is 4.15.